The van der Waals surface area contributed by atoms with Crippen molar-refractivity contribution >= 4 is 0 Å². The van der Waals surface area contributed by atoms with Crippen molar-refractivity contribution in [1.82, 2.24) is 4.90 Å². The molecule has 0 unspecified atom stereocenters. The first-order valence-electron chi connectivity index (χ1n) is 10.4. The summed E-state index contributed by atoms with van der Waals surface area (Å²) in [5, 5.41) is 0. The Morgan fingerprint density at radius 1 is 1.00 bits per heavy atom. The van der Waals surface area contributed by atoms with Crippen LogP contribution >= 0.6 is 0 Å². The topological polar surface area (TPSA) is 12.5 Å². The van der Waals surface area contributed by atoms with Crippen molar-refractivity contribution in [2.75, 3.05) is 20.2 Å². The normalized spacial score (nSPS) is 30.8. The molecule has 2 bridgehead atoms. The first kappa shape index (κ1) is 17.4. The molecule has 3 atom stereocenters. The predicted octanol–water partition coefficient (Wildman–Crippen LogP) is 5.36. The largest absolute Gasteiger partial charge is 0.496 e. The molecule has 2 aliphatic carbocycles. The van der Waals surface area contributed by atoms with Gasteiger partial charge in [0.2, 0.25) is 0 Å². The van der Waals surface area contributed by atoms with E-state index in [4.69, 9.17) is 4.74 Å². The molecule has 0 N–H and O–H groups in total. The van der Waals surface area contributed by atoms with Gasteiger partial charge in [0, 0.05) is 6.04 Å². The van der Waals surface area contributed by atoms with E-state index in [0.717, 1.165) is 23.6 Å². The molecule has 25 heavy (non-hydrogen) atoms. The van der Waals surface area contributed by atoms with Crippen LogP contribution in [0.2, 0.25) is 0 Å². The molecule has 1 aromatic carbocycles. The lowest BCUT2D eigenvalue weighted by Crippen LogP contribution is -2.43. The zero-order valence-electron chi connectivity index (χ0n) is 16.6. The molecule has 4 rings (SSSR count). The number of benzene rings is 1. The second-order valence-electron chi connectivity index (χ2n) is 9.76. The Kier molecular flexibility index (Phi) is 4.60. The number of nitrogens with zero attached hydrogens (tertiary/aromatic N) is 1. The molecule has 0 spiro atoms. The molecule has 2 saturated carbocycles. The van der Waals surface area contributed by atoms with E-state index in [0.29, 0.717) is 5.92 Å². The summed E-state index contributed by atoms with van der Waals surface area (Å²) in [7, 11) is 1.82. The summed E-state index contributed by atoms with van der Waals surface area (Å²) >= 11 is 0. The van der Waals surface area contributed by atoms with Gasteiger partial charge >= 0.3 is 0 Å². The van der Waals surface area contributed by atoms with E-state index in [9.17, 15) is 0 Å². The summed E-state index contributed by atoms with van der Waals surface area (Å²) in [4.78, 5) is 2.83. The van der Waals surface area contributed by atoms with Crippen LogP contribution in [-0.4, -0.2) is 31.1 Å². The van der Waals surface area contributed by atoms with E-state index in [1.54, 1.807) is 0 Å². The zero-order valence-corrected chi connectivity index (χ0v) is 16.6. The van der Waals surface area contributed by atoms with Gasteiger partial charge in [-0.3, -0.25) is 0 Å². The first-order chi connectivity index (χ1) is 12.0. The Labute approximate surface area is 153 Å². The Morgan fingerprint density at radius 2 is 1.76 bits per heavy atom. The molecule has 3 fully saturated rings. The maximum atomic E-state index is 5.72. The molecule has 0 radical (unpaired) electrons. The summed E-state index contributed by atoms with van der Waals surface area (Å²) in [6.07, 6.45) is 8.59. The fourth-order valence-corrected chi connectivity index (χ4v) is 5.72. The summed E-state index contributed by atoms with van der Waals surface area (Å²) in [6.45, 7) is 9.46. The van der Waals surface area contributed by atoms with Crippen molar-refractivity contribution < 1.29 is 4.74 Å². The number of likely N-dealkylation sites (tertiary alicyclic amines) is 1. The maximum Gasteiger partial charge on any atom is 0.122 e. The van der Waals surface area contributed by atoms with Gasteiger partial charge in [-0.25, -0.2) is 0 Å². The van der Waals surface area contributed by atoms with Crippen LogP contribution in [-0.2, 0) is 5.41 Å². The summed E-state index contributed by atoms with van der Waals surface area (Å²) in [5.41, 5.74) is 3.08. The highest BCUT2D eigenvalue weighted by molar-refractivity contribution is 5.42. The summed E-state index contributed by atoms with van der Waals surface area (Å²) < 4.78 is 5.72. The molecule has 0 aromatic heterocycles. The molecule has 1 heterocycles. The third-order valence-corrected chi connectivity index (χ3v) is 7.23. The van der Waals surface area contributed by atoms with Gasteiger partial charge in [0.15, 0.2) is 0 Å². The minimum atomic E-state index is 0.199. The van der Waals surface area contributed by atoms with Crippen molar-refractivity contribution in [2.45, 2.75) is 76.7 Å². The molecule has 0 amide bonds. The fraction of sp³-hybridized carbons (Fsp3) is 0.739. The zero-order chi connectivity index (χ0) is 17.6. The van der Waals surface area contributed by atoms with Crippen molar-refractivity contribution in [2.24, 2.45) is 11.8 Å². The molecule has 2 nitrogen and oxygen atoms in total. The highest BCUT2D eigenvalue weighted by atomic mass is 16.5. The van der Waals surface area contributed by atoms with Crippen LogP contribution in [0.15, 0.2) is 18.2 Å². The van der Waals surface area contributed by atoms with Crippen molar-refractivity contribution in [1.29, 1.82) is 0 Å². The van der Waals surface area contributed by atoms with Gasteiger partial charge in [0.05, 0.1) is 7.11 Å². The average molecular weight is 342 g/mol. The number of hydrogen-bond donors (Lipinski definition) is 0. The molecule has 1 aromatic rings. The van der Waals surface area contributed by atoms with Crippen LogP contribution in [0.5, 0.6) is 5.75 Å². The van der Waals surface area contributed by atoms with Gasteiger partial charge in [-0.05, 0) is 85.6 Å². The minimum Gasteiger partial charge on any atom is -0.496 e. The van der Waals surface area contributed by atoms with Gasteiger partial charge < -0.3 is 9.64 Å². The van der Waals surface area contributed by atoms with E-state index < -0.39 is 0 Å². The summed E-state index contributed by atoms with van der Waals surface area (Å²) in [6, 6.07) is 7.77. The van der Waals surface area contributed by atoms with Crippen molar-refractivity contribution in [3.05, 3.63) is 29.3 Å². The van der Waals surface area contributed by atoms with Gasteiger partial charge in [0.1, 0.15) is 5.75 Å². The van der Waals surface area contributed by atoms with Crippen molar-refractivity contribution in [3.8, 4) is 5.75 Å². The van der Waals surface area contributed by atoms with E-state index in [-0.39, 0.29) is 5.41 Å². The first-order valence-corrected chi connectivity index (χ1v) is 10.4. The Morgan fingerprint density at radius 3 is 2.32 bits per heavy atom. The quantitative estimate of drug-likeness (QED) is 0.734. The lowest BCUT2D eigenvalue weighted by atomic mass is 9.81. The maximum absolute atomic E-state index is 5.72. The minimum absolute atomic E-state index is 0.199. The molecular formula is C23H35NO. The Hall–Kier alpha value is -1.02. The number of rotatable bonds is 3. The van der Waals surface area contributed by atoms with Gasteiger partial charge in [-0.15, -0.1) is 0 Å². The second-order valence-corrected chi connectivity index (χ2v) is 9.76. The highest BCUT2D eigenvalue weighted by Crippen LogP contribution is 2.48. The molecule has 138 valence electrons. The van der Waals surface area contributed by atoms with Crippen molar-refractivity contribution in [3.63, 3.8) is 0 Å². The smallest absolute Gasteiger partial charge is 0.122 e. The monoisotopic (exact) mass is 341 g/mol. The molecule has 1 saturated heterocycles. The van der Waals surface area contributed by atoms with E-state index in [1.807, 2.05) is 7.11 Å². The molecule has 3 aliphatic rings. The molecule has 1 aliphatic heterocycles. The highest BCUT2D eigenvalue weighted by Gasteiger charge is 2.43. The van der Waals surface area contributed by atoms with Crippen LogP contribution in [0.25, 0.3) is 0 Å². The number of methoxy groups -OCH3 is 1. The van der Waals surface area contributed by atoms with Crippen LogP contribution in [0, 0.1) is 11.8 Å². The van der Waals surface area contributed by atoms with Crippen LogP contribution in [0.4, 0.5) is 0 Å². The van der Waals surface area contributed by atoms with Gasteiger partial charge in [0.25, 0.3) is 0 Å². The number of ether oxygens (including phenoxy) is 1. The molecular weight excluding hydrogens is 306 g/mol. The Bertz CT molecular complexity index is 609. The standard InChI is InChI=1S/C23H35NO/c1-23(2,3)19-7-8-22(25-4)20(15-19)17-9-11-24(12-10-17)21-14-16-5-6-18(21)13-16/h7-8,15-18,21H,5-6,9-14H2,1-4H3/t16-,18+,21+/m0/s1. The predicted molar refractivity (Wildman–Crippen MR) is 104 cm³/mol. The number of hydrogen-bond acceptors (Lipinski definition) is 2. The third kappa shape index (κ3) is 3.35. The molecule has 2 heteroatoms. The van der Waals surface area contributed by atoms with Gasteiger partial charge in [-0.2, -0.15) is 0 Å². The Balaban J connectivity index is 1.46. The lowest BCUT2D eigenvalue weighted by molar-refractivity contribution is 0.110. The second kappa shape index (κ2) is 6.61. The SMILES string of the molecule is COc1ccc(C(C)(C)C)cc1C1CCN([C@@H]2C[C@H]3CC[C@@H]2C3)CC1. The van der Waals surface area contributed by atoms with E-state index in [1.165, 1.54) is 62.7 Å². The van der Waals surface area contributed by atoms with E-state index in [2.05, 4.69) is 43.9 Å². The number of fused-ring (bicyclic) bond motifs is 2. The lowest BCUT2D eigenvalue weighted by Gasteiger charge is -2.40. The number of piperidine rings is 1. The van der Waals surface area contributed by atoms with E-state index >= 15 is 0 Å². The fourth-order valence-electron chi connectivity index (χ4n) is 5.72. The van der Waals surface area contributed by atoms with Gasteiger partial charge in [-0.1, -0.05) is 39.3 Å². The van der Waals surface area contributed by atoms with Crippen LogP contribution in [0.3, 0.4) is 0 Å². The third-order valence-electron chi connectivity index (χ3n) is 7.23. The van der Waals surface area contributed by atoms with Crippen LogP contribution < -0.4 is 4.74 Å². The average Bonchev–Trinajstić information content (AvgIpc) is 3.24. The summed E-state index contributed by atoms with van der Waals surface area (Å²) in [5.74, 6) is 3.81. The van der Waals surface area contributed by atoms with Crippen LogP contribution in [0.1, 0.15) is 76.3 Å².